The Kier molecular flexibility index (Phi) is 4.28. The lowest BCUT2D eigenvalue weighted by atomic mass is 9.90. The van der Waals surface area contributed by atoms with Crippen molar-refractivity contribution in [3.63, 3.8) is 0 Å². The zero-order valence-corrected chi connectivity index (χ0v) is 13.5. The lowest BCUT2D eigenvalue weighted by Gasteiger charge is -2.21. The number of rotatable bonds is 5. The predicted molar refractivity (Wildman–Crippen MR) is 85.8 cm³/mol. The summed E-state index contributed by atoms with van der Waals surface area (Å²) in [4.78, 5) is 15.9. The first kappa shape index (κ1) is 16.4. The molecule has 128 valence electrons. The van der Waals surface area contributed by atoms with Gasteiger partial charge in [0.25, 0.3) is 5.91 Å². The Morgan fingerprint density at radius 1 is 1.42 bits per heavy atom. The summed E-state index contributed by atoms with van der Waals surface area (Å²) in [5, 5.41) is 13.4. The van der Waals surface area contributed by atoms with E-state index in [1.165, 1.54) is 0 Å². The number of ether oxygens (including phenoxy) is 2. The third-order valence-electron chi connectivity index (χ3n) is 4.59. The van der Waals surface area contributed by atoms with Gasteiger partial charge in [-0.05, 0) is 23.6 Å². The van der Waals surface area contributed by atoms with Crippen LogP contribution in [-0.4, -0.2) is 48.0 Å². The molecule has 0 unspecified atom stereocenters. The minimum Gasteiger partial charge on any atom is -0.497 e. The second-order valence-electron chi connectivity index (χ2n) is 5.90. The molecule has 1 aliphatic heterocycles. The number of pyridine rings is 1. The molecule has 0 bridgehead atoms. The highest BCUT2D eigenvalue weighted by molar-refractivity contribution is 5.89. The van der Waals surface area contributed by atoms with Crippen molar-refractivity contribution >= 4 is 16.7 Å². The van der Waals surface area contributed by atoms with E-state index >= 15 is 0 Å². The van der Waals surface area contributed by atoms with E-state index in [-0.39, 0.29) is 6.61 Å². The van der Waals surface area contributed by atoms with Gasteiger partial charge in [-0.25, -0.2) is 9.37 Å². The summed E-state index contributed by atoms with van der Waals surface area (Å²) in [6.45, 7) is 0.782. The van der Waals surface area contributed by atoms with Gasteiger partial charge in [-0.1, -0.05) is 13.0 Å². The van der Waals surface area contributed by atoms with E-state index in [1.807, 2.05) is 24.3 Å². The van der Waals surface area contributed by atoms with Crippen LogP contribution >= 0.6 is 0 Å². The van der Waals surface area contributed by atoms with E-state index in [4.69, 9.17) is 14.6 Å². The summed E-state index contributed by atoms with van der Waals surface area (Å²) in [6.07, 6.45) is 1.62. The molecule has 1 amide bonds. The largest absolute Gasteiger partial charge is 0.497 e. The maximum absolute atomic E-state index is 14.4. The Bertz CT molecular complexity index is 769. The van der Waals surface area contributed by atoms with Crippen LogP contribution in [-0.2, 0) is 4.79 Å². The molecule has 3 rings (SSSR count). The number of aliphatic hydroxyl groups excluding tert-OH is 1. The van der Waals surface area contributed by atoms with Crippen molar-refractivity contribution in [1.82, 2.24) is 10.3 Å². The van der Waals surface area contributed by atoms with Gasteiger partial charge in [0.05, 0.1) is 19.8 Å². The second-order valence-corrected chi connectivity index (χ2v) is 5.90. The molecule has 1 saturated heterocycles. The van der Waals surface area contributed by atoms with Gasteiger partial charge in [0.15, 0.2) is 0 Å². The maximum Gasteiger partial charge on any atom is 0.260 e. The number of alkyl halides is 1. The second kappa shape index (κ2) is 6.24. The van der Waals surface area contributed by atoms with E-state index in [0.29, 0.717) is 11.6 Å². The molecule has 1 aromatic heterocycles. The summed E-state index contributed by atoms with van der Waals surface area (Å²) in [7, 11) is 1.57. The molecule has 1 aromatic carbocycles. The van der Waals surface area contributed by atoms with Crippen molar-refractivity contribution in [3.05, 3.63) is 30.5 Å². The number of hydrogen-bond acceptors (Lipinski definition) is 5. The van der Waals surface area contributed by atoms with E-state index in [2.05, 4.69) is 10.3 Å². The number of halogens is 1. The van der Waals surface area contributed by atoms with Crippen molar-refractivity contribution in [2.24, 2.45) is 5.92 Å². The highest BCUT2D eigenvalue weighted by atomic mass is 19.1. The molecular formula is C17H19FN2O4. The molecule has 7 heteroatoms. The van der Waals surface area contributed by atoms with Gasteiger partial charge in [-0.15, -0.1) is 0 Å². The number of nitrogens with one attached hydrogen (secondary N) is 1. The number of amides is 1. The Morgan fingerprint density at radius 2 is 2.21 bits per heavy atom. The smallest absolute Gasteiger partial charge is 0.260 e. The topological polar surface area (TPSA) is 80.7 Å². The first-order chi connectivity index (χ1) is 11.5. The van der Waals surface area contributed by atoms with Gasteiger partial charge >= 0.3 is 0 Å². The normalized spacial score (nSPS) is 26.4. The SMILES string of the molecule is COc1ccc2ccnc(OC[C@H]3NC(=O)[C@@](F)(CO)[C@H]3C)c2c1. The average Bonchev–Trinajstić information content (AvgIpc) is 2.83. The van der Waals surface area contributed by atoms with E-state index in [0.717, 1.165) is 10.8 Å². The summed E-state index contributed by atoms with van der Waals surface area (Å²) in [6, 6.07) is 6.84. The van der Waals surface area contributed by atoms with Crippen LogP contribution in [0.3, 0.4) is 0 Å². The van der Waals surface area contributed by atoms with E-state index < -0.39 is 30.1 Å². The number of carbonyl (C=O) groups excluding carboxylic acids is 1. The molecule has 6 nitrogen and oxygen atoms in total. The van der Waals surface area contributed by atoms with Gasteiger partial charge in [0.2, 0.25) is 11.5 Å². The molecule has 1 fully saturated rings. The zero-order chi connectivity index (χ0) is 17.3. The Morgan fingerprint density at radius 3 is 2.88 bits per heavy atom. The average molecular weight is 334 g/mol. The maximum atomic E-state index is 14.4. The molecule has 24 heavy (non-hydrogen) atoms. The third kappa shape index (κ3) is 2.65. The van der Waals surface area contributed by atoms with E-state index in [1.54, 1.807) is 20.2 Å². The molecule has 0 radical (unpaired) electrons. The van der Waals surface area contributed by atoms with Crippen LogP contribution in [0.2, 0.25) is 0 Å². The highest BCUT2D eigenvalue weighted by Gasteiger charge is 2.53. The van der Waals surface area contributed by atoms with Crippen LogP contribution in [0.15, 0.2) is 30.5 Å². The van der Waals surface area contributed by atoms with Crippen LogP contribution in [0, 0.1) is 5.92 Å². The number of carbonyl (C=O) groups is 1. The Hall–Kier alpha value is -2.41. The summed E-state index contributed by atoms with van der Waals surface area (Å²) < 4.78 is 25.3. The fraction of sp³-hybridized carbons (Fsp3) is 0.412. The summed E-state index contributed by atoms with van der Waals surface area (Å²) in [5.74, 6) is -0.461. The molecule has 2 aromatic rings. The molecule has 3 atom stereocenters. The minimum absolute atomic E-state index is 0.0574. The van der Waals surface area contributed by atoms with Crippen molar-refractivity contribution in [2.45, 2.75) is 18.6 Å². The van der Waals surface area contributed by atoms with Crippen molar-refractivity contribution in [3.8, 4) is 11.6 Å². The molecule has 1 aliphatic rings. The number of methoxy groups -OCH3 is 1. The first-order valence-corrected chi connectivity index (χ1v) is 7.66. The molecule has 0 spiro atoms. The first-order valence-electron chi connectivity index (χ1n) is 7.66. The fourth-order valence-electron chi connectivity index (χ4n) is 2.87. The number of fused-ring (bicyclic) bond motifs is 1. The predicted octanol–water partition coefficient (Wildman–Crippen LogP) is 1.46. The highest BCUT2D eigenvalue weighted by Crippen LogP contribution is 2.32. The Balaban J connectivity index is 1.80. The molecule has 2 N–H and O–H groups in total. The van der Waals surface area contributed by atoms with Gasteiger partial charge < -0.3 is 19.9 Å². The zero-order valence-electron chi connectivity index (χ0n) is 13.5. The third-order valence-corrected chi connectivity index (χ3v) is 4.59. The minimum atomic E-state index is -2.27. The van der Waals surface area contributed by atoms with Crippen molar-refractivity contribution in [1.29, 1.82) is 0 Å². The van der Waals surface area contributed by atoms with Gasteiger partial charge in [-0.3, -0.25) is 4.79 Å². The number of benzene rings is 1. The lowest BCUT2D eigenvalue weighted by Crippen LogP contribution is -2.40. The van der Waals surface area contributed by atoms with Gasteiger partial charge in [-0.2, -0.15) is 0 Å². The Labute approximate surface area is 138 Å². The van der Waals surface area contributed by atoms with Crippen LogP contribution in [0.5, 0.6) is 11.6 Å². The number of aliphatic hydroxyl groups is 1. The van der Waals surface area contributed by atoms with E-state index in [9.17, 15) is 9.18 Å². The molecule has 2 heterocycles. The van der Waals surface area contributed by atoms with Crippen LogP contribution in [0.4, 0.5) is 4.39 Å². The molecular weight excluding hydrogens is 315 g/mol. The number of hydrogen-bond donors (Lipinski definition) is 2. The van der Waals surface area contributed by atoms with Crippen LogP contribution in [0.1, 0.15) is 6.92 Å². The van der Waals surface area contributed by atoms with Crippen LogP contribution < -0.4 is 14.8 Å². The molecule has 0 aliphatic carbocycles. The monoisotopic (exact) mass is 334 g/mol. The molecule has 0 saturated carbocycles. The number of aromatic nitrogens is 1. The standard InChI is InChI=1S/C17H19FN2O4/c1-10-14(20-16(22)17(10,18)9-21)8-24-15-13-7-12(23-2)4-3-11(13)5-6-19-15/h3-7,10,14,21H,8-9H2,1-2H3,(H,20,22)/t10-,14+,17+/m0/s1. The fourth-order valence-corrected chi connectivity index (χ4v) is 2.87. The van der Waals surface area contributed by atoms with Crippen molar-refractivity contribution in [2.75, 3.05) is 20.3 Å². The quantitative estimate of drug-likeness (QED) is 0.865. The van der Waals surface area contributed by atoms with Crippen molar-refractivity contribution < 1.29 is 23.8 Å². The van der Waals surface area contributed by atoms with Gasteiger partial charge in [0.1, 0.15) is 12.4 Å². The lowest BCUT2D eigenvalue weighted by molar-refractivity contribution is -0.133. The number of nitrogens with zero attached hydrogens (tertiary/aromatic N) is 1. The summed E-state index contributed by atoms with van der Waals surface area (Å²) >= 11 is 0. The van der Waals surface area contributed by atoms with Crippen LogP contribution in [0.25, 0.3) is 10.8 Å². The van der Waals surface area contributed by atoms with Gasteiger partial charge in [0, 0.05) is 17.5 Å². The summed E-state index contributed by atoms with van der Waals surface area (Å²) in [5.41, 5.74) is -2.27.